The number of ether oxygens (including phenoxy) is 1. The molecule has 2 aliphatic heterocycles. The average molecular weight is 390 g/mol. The Bertz CT molecular complexity index is 837. The van der Waals surface area contributed by atoms with Gasteiger partial charge in [0.1, 0.15) is 0 Å². The molecule has 2 aliphatic rings. The summed E-state index contributed by atoms with van der Waals surface area (Å²) in [5.41, 5.74) is 1.92. The average Bonchev–Trinajstić information content (AvgIpc) is 2.70. The van der Waals surface area contributed by atoms with Crippen molar-refractivity contribution >= 4 is 17.3 Å². The summed E-state index contributed by atoms with van der Waals surface area (Å²) in [5, 5.41) is 5.18. The van der Waals surface area contributed by atoms with E-state index in [0.717, 1.165) is 56.8 Å². The van der Waals surface area contributed by atoms with Crippen LogP contribution in [0.1, 0.15) is 24.4 Å². The van der Waals surface area contributed by atoms with E-state index in [0.29, 0.717) is 18.2 Å². The second-order valence-corrected chi connectivity index (χ2v) is 7.50. The van der Waals surface area contributed by atoms with Crippen LogP contribution in [0.3, 0.4) is 0 Å². The maximum Gasteiger partial charge on any atom is 0.269 e. The molecule has 0 bridgehead atoms. The van der Waals surface area contributed by atoms with Gasteiger partial charge in [-0.1, -0.05) is 11.6 Å². The standard InChI is InChI=1S/C19H24ClN5O2/c20-18-12-21-4-3-15(18)13-23-5-1-2-16(14-23)25-19(26)10-17(11-22-25)24-6-8-27-9-7-24/h3-4,10-12,16H,1-2,5-9,13-14H2/t16-/m1/s1. The van der Waals surface area contributed by atoms with Crippen molar-refractivity contribution in [3.05, 3.63) is 51.7 Å². The summed E-state index contributed by atoms with van der Waals surface area (Å²) in [6.07, 6.45) is 7.25. The lowest BCUT2D eigenvalue weighted by atomic mass is 10.0. The number of hydrogen-bond donors (Lipinski definition) is 0. The van der Waals surface area contributed by atoms with Crippen molar-refractivity contribution < 1.29 is 4.74 Å². The first-order valence-corrected chi connectivity index (χ1v) is 9.81. The van der Waals surface area contributed by atoms with Crippen molar-refractivity contribution in [2.45, 2.75) is 25.4 Å². The van der Waals surface area contributed by atoms with Crippen LogP contribution in [0.15, 0.2) is 35.5 Å². The van der Waals surface area contributed by atoms with Gasteiger partial charge >= 0.3 is 0 Å². The molecule has 1 atom stereocenters. The molecule has 0 aromatic carbocycles. The molecule has 0 radical (unpaired) electrons. The maximum atomic E-state index is 12.7. The van der Waals surface area contributed by atoms with Gasteiger partial charge in [-0.3, -0.25) is 14.7 Å². The van der Waals surface area contributed by atoms with Gasteiger partial charge in [0.2, 0.25) is 0 Å². The molecule has 7 nitrogen and oxygen atoms in total. The molecule has 2 aromatic rings. The molecule has 0 amide bonds. The van der Waals surface area contributed by atoms with Crippen LogP contribution in [0.4, 0.5) is 5.69 Å². The maximum absolute atomic E-state index is 12.7. The first-order chi connectivity index (χ1) is 13.2. The summed E-state index contributed by atoms with van der Waals surface area (Å²) in [7, 11) is 0. The van der Waals surface area contributed by atoms with Gasteiger partial charge in [0.25, 0.3) is 5.56 Å². The number of rotatable bonds is 4. The van der Waals surface area contributed by atoms with Gasteiger partial charge in [-0.15, -0.1) is 0 Å². The van der Waals surface area contributed by atoms with E-state index in [1.165, 1.54) is 0 Å². The lowest BCUT2D eigenvalue weighted by molar-refractivity contribution is 0.122. The lowest BCUT2D eigenvalue weighted by Gasteiger charge is -2.33. The summed E-state index contributed by atoms with van der Waals surface area (Å²) in [4.78, 5) is 21.2. The molecule has 27 heavy (non-hydrogen) atoms. The van der Waals surface area contributed by atoms with Gasteiger partial charge in [0, 0.05) is 44.6 Å². The first kappa shape index (κ1) is 18.4. The Hall–Kier alpha value is -1.96. The largest absolute Gasteiger partial charge is 0.378 e. The quantitative estimate of drug-likeness (QED) is 0.796. The van der Waals surface area contributed by atoms with Crippen LogP contribution in [-0.4, -0.2) is 59.1 Å². The normalized spacial score (nSPS) is 21.4. The van der Waals surface area contributed by atoms with Gasteiger partial charge in [-0.05, 0) is 31.0 Å². The number of anilines is 1. The minimum atomic E-state index is -0.0345. The van der Waals surface area contributed by atoms with Crippen LogP contribution >= 0.6 is 11.6 Å². The molecule has 144 valence electrons. The van der Waals surface area contributed by atoms with Crippen molar-refractivity contribution in [3.63, 3.8) is 0 Å². The summed E-state index contributed by atoms with van der Waals surface area (Å²) < 4.78 is 7.02. The molecule has 0 saturated carbocycles. The van der Waals surface area contributed by atoms with Crippen molar-refractivity contribution in [1.82, 2.24) is 19.7 Å². The minimum absolute atomic E-state index is 0.0345. The molecule has 0 aliphatic carbocycles. The van der Waals surface area contributed by atoms with Gasteiger partial charge in [0.05, 0.1) is 36.2 Å². The fourth-order valence-electron chi connectivity index (χ4n) is 3.82. The molecule has 4 heterocycles. The summed E-state index contributed by atoms with van der Waals surface area (Å²) in [6, 6.07) is 3.75. The Balaban J connectivity index is 1.46. The zero-order valence-corrected chi connectivity index (χ0v) is 16.0. The molecule has 0 unspecified atom stereocenters. The van der Waals surface area contributed by atoms with E-state index in [1.807, 2.05) is 12.3 Å². The van der Waals surface area contributed by atoms with Crippen molar-refractivity contribution in [3.8, 4) is 0 Å². The highest BCUT2D eigenvalue weighted by molar-refractivity contribution is 6.31. The highest BCUT2D eigenvalue weighted by atomic mass is 35.5. The zero-order chi connectivity index (χ0) is 18.6. The topological polar surface area (TPSA) is 63.5 Å². The van der Waals surface area contributed by atoms with Crippen LogP contribution in [0, 0.1) is 0 Å². The molecule has 2 saturated heterocycles. The van der Waals surface area contributed by atoms with E-state index in [2.05, 4.69) is 19.9 Å². The van der Waals surface area contributed by atoms with Crippen LogP contribution < -0.4 is 10.5 Å². The SMILES string of the molecule is O=c1cc(N2CCOCC2)cnn1[C@@H]1CCCN(Cc2ccncc2Cl)C1. The number of pyridine rings is 1. The van der Waals surface area contributed by atoms with E-state index < -0.39 is 0 Å². The third-order valence-electron chi connectivity index (χ3n) is 5.26. The van der Waals surface area contributed by atoms with Crippen LogP contribution in [0.5, 0.6) is 0 Å². The Morgan fingerprint density at radius 3 is 2.85 bits per heavy atom. The monoisotopic (exact) mass is 389 g/mol. The highest BCUT2D eigenvalue weighted by Gasteiger charge is 2.24. The molecule has 2 fully saturated rings. The highest BCUT2D eigenvalue weighted by Crippen LogP contribution is 2.23. The Labute approximate surface area is 163 Å². The van der Waals surface area contributed by atoms with E-state index in [1.54, 1.807) is 23.1 Å². The summed E-state index contributed by atoms with van der Waals surface area (Å²) >= 11 is 6.24. The van der Waals surface area contributed by atoms with E-state index in [4.69, 9.17) is 16.3 Å². The Kier molecular flexibility index (Phi) is 5.71. The molecule has 0 N–H and O–H groups in total. The predicted molar refractivity (Wildman–Crippen MR) is 104 cm³/mol. The van der Waals surface area contributed by atoms with Crippen LogP contribution in [0.25, 0.3) is 0 Å². The third kappa shape index (κ3) is 4.31. The fraction of sp³-hybridized carbons (Fsp3) is 0.526. The van der Waals surface area contributed by atoms with Gasteiger partial charge in [-0.2, -0.15) is 5.10 Å². The van der Waals surface area contributed by atoms with E-state index in [-0.39, 0.29) is 11.6 Å². The van der Waals surface area contributed by atoms with Gasteiger partial charge in [-0.25, -0.2) is 4.68 Å². The fourth-order valence-corrected chi connectivity index (χ4v) is 4.00. The predicted octanol–water partition coefficient (Wildman–Crippen LogP) is 1.97. The first-order valence-electron chi connectivity index (χ1n) is 9.43. The molecular formula is C19H24ClN5O2. The number of morpholine rings is 1. The Morgan fingerprint density at radius 2 is 2.07 bits per heavy atom. The molecule has 0 spiro atoms. The van der Waals surface area contributed by atoms with Gasteiger partial charge in [0.15, 0.2) is 0 Å². The number of likely N-dealkylation sites (tertiary alicyclic amines) is 1. The van der Waals surface area contributed by atoms with Crippen molar-refractivity contribution in [2.24, 2.45) is 0 Å². The third-order valence-corrected chi connectivity index (χ3v) is 5.61. The molecule has 2 aromatic heterocycles. The van der Waals surface area contributed by atoms with Gasteiger partial charge < -0.3 is 9.64 Å². The number of piperidine rings is 1. The molecular weight excluding hydrogens is 366 g/mol. The number of aromatic nitrogens is 3. The second kappa shape index (κ2) is 8.37. The number of halogens is 1. The number of nitrogens with zero attached hydrogens (tertiary/aromatic N) is 5. The van der Waals surface area contributed by atoms with Crippen LogP contribution in [0.2, 0.25) is 5.02 Å². The minimum Gasteiger partial charge on any atom is -0.378 e. The number of hydrogen-bond acceptors (Lipinski definition) is 6. The lowest BCUT2D eigenvalue weighted by Crippen LogP contribution is -2.41. The Morgan fingerprint density at radius 1 is 1.22 bits per heavy atom. The second-order valence-electron chi connectivity index (χ2n) is 7.09. The van der Waals surface area contributed by atoms with Crippen LogP contribution in [-0.2, 0) is 11.3 Å². The molecule has 4 rings (SSSR count). The molecule has 8 heteroatoms. The van der Waals surface area contributed by atoms with E-state index in [9.17, 15) is 4.79 Å². The van der Waals surface area contributed by atoms with E-state index >= 15 is 0 Å². The van der Waals surface area contributed by atoms with Crippen molar-refractivity contribution in [2.75, 3.05) is 44.3 Å². The zero-order valence-electron chi connectivity index (χ0n) is 15.3. The summed E-state index contributed by atoms with van der Waals surface area (Å²) in [5.74, 6) is 0. The summed E-state index contributed by atoms with van der Waals surface area (Å²) in [6.45, 7) is 5.54. The van der Waals surface area contributed by atoms with Crippen molar-refractivity contribution in [1.29, 1.82) is 0 Å². The smallest absolute Gasteiger partial charge is 0.269 e.